The Morgan fingerprint density at radius 3 is 2.47 bits per heavy atom. The summed E-state index contributed by atoms with van der Waals surface area (Å²) in [6.07, 6.45) is 0. The van der Waals surface area contributed by atoms with E-state index in [2.05, 4.69) is 21.2 Å². The number of halogens is 2. The molecule has 2 aromatic carbocycles. The molecule has 1 atom stereocenters. The fourth-order valence-electron chi connectivity index (χ4n) is 2.06. The SMILES string of the molecule is CNC(c1ccccc1F)c1ccc(OC)cc1Br. The van der Waals surface area contributed by atoms with E-state index < -0.39 is 0 Å². The summed E-state index contributed by atoms with van der Waals surface area (Å²) < 4.78 is 20.0. The van der Waals surface area contributed by atoms with Crippen molar-refractivity contribution in [1.82, 2.24) is 5.32 Å². The summed E-state index contributed by atoms with van der Waals surface area (Å²) in [5.74, 6) is 0.545. The lowest BCUT2D eigenvalue weighted by Crippen LogP contribution is -2.19. The molecule has 0 fully saturated rings. The molecule has 19 heavy (non-hydrogen) atoms. The summed E-state index contributed by atoms with van der Waals surface area (Å²) in [4.78, 5) is 0. The van der Waals surface area contributed by atoms with Crippen LogP contribution < -0.4 is 10.1 Å². The number of hydrogen-bond acceptors (Lipinski definition) is 2. The molecule has 0 bridgehead atoms. The van der Waals surface area contributed by atoms with Crippen molar-refractivity contribution in [2.45, 2.75) is 6.04 Å². The molecule has 1 unspecified atom stereocenters. The number of nitrogens with one attached hydrogen (secondary N) is 1. The van der Waals surface area contributed by atoms with Gasteiger partial charge in [0.1, 0.15) is 11.6 Å². The van der Waals surface area contributed by atoms with Crippen LogP contribution >= 0.6 is 15.9 Å². The van der Waals surface area contributed by atoms with E-state index in [9.17, 15) is 4.39 Å². The van der Waals surface area contributed by atoms with Crippen LogP contribution in [0.1, 0.15) is 17.2 Å². The Bertz CT molecular complexity index is 574. The van der Waals surface area contributed by atoms with Crippen LogP contribution in [0.5, 0.6) is 5.75 Å². The smallest absolute Gasteiger partial charge is 0.128 e. The van der Waals surface area contributed by atoms with Crippen LogP contribution in [0, 0.1) is 5.82 Å². The van der Waals surface area contributed by atoms with Crippen LogP contribution in [0.4, 0.5) is 4.39 Å². The zero-order valence-electron chi connectivity index (χ0n) is 10.8. The Balaban J connectivity index is 2.46. The zero-order valence-corrected chi connectivity index (χ0v) is 12.4. The third kappa shape index (κ3) is 2.96. The Hall–Kier alpha value is -1.39. The Morgan fingerprint density at radius 2 is 1.89 bits per heavy atom. The van der Waals surface area contributed by atoms with Crippen molar-refractivity contribution in [3.05, 3.63) is 63.9 Å². The topological polar surface area (TPSA) is 21.3 Å². The molecule has 0 aliphatic carbocycles. The highest BCUT2D eigenvalue weighted by Gasteiger charge is 2.18. The molecule has 0 spiro atoms. The van der Waals surface area contributed by atoms with Crippen molar-refractivity contribution in [3.63, 3.8) is 0 Å². The summed E-state index contributed by atoms with van der Waals surface area (Å²) in [6.45, 7) is 0. The number of rotatable bonds is 4. The predicted octanol–water partition coefficient (Wildman–Crippen LogP) is 3.91. The third-order valence-corrected chi connectivity index (χ3v) is 3.71. The second-order valence-electron chi connectivity index (χ2n) is 4.13. The molecular formula is C15H15BrFNO. The summed E-state index contributed by atoms with van der Waals surface area (Å²) in [7, 11) is 3.43. The van der Waals surface area contributed by atoms with E-state index in [0.717, 1.165) is 15.8 Å². The van der Waals surface area contributed by atoms with E-state index in [-0.39, 0.29) is 11.9 Å². The molecule has 2 aromatic rings. The Kier molecular flexibility index (Phi) is 4.56. The first kappa shape index (κ1) is 14.0. The molecule has 0 saturated heterocycles. The minimum absolute atomic E-state index is 0.207. The first-order valence-corrected chi connectivity index (χ1v) is 6.71. The number of benzene rings is 2. The van der Waals surface area contributed by atoms with Crippen molar-refractivity contribution in [2.24, 2.45) is 0 Å². The molecule has 0 aliphatic rings. The first-order valence-electron chi connectivity index (χ1n) is 5.92. The fraction of sp³-hybridized carbons (Fsp3) is 0.200. The van der Waals surface area contributed by atoms with Crippen LogP contribution in [0.15, 0.2) is 46.9 Å². The Labute approximate surface area is 120 Å². The van der Waals surface area contributed by atoms with Gasteiger partial charge in [-0.15, -0.1) is 0 Å². The van der Waals surface area contributed by atoms with Gasteiger partial charge in [0.25, 0.3) is 0 Å². The molecule has 2 rings (SSSR count). The van der Waals surface area contributed by atoms with Gasteiger partial charge in [-0.3, -0.25) is 0 Å². The van der Waals surface area contributed by atoms with Crippen LogP contribution in [-0.4, -0.2) is 14.2 Å². The van der Waals surface area contributed by atoms with Gasteiger partial charge in [0.2, 0.25) is 0 Å². The minimum atomic E-state index is -0.218. The second kappa shape index (κ2) is 6.17. The van der Waals surface area contributed by atoms with E-state index in [1.54, 1.807) is 19.2 Å². The van der Waals surface area contributed by atoms with Crippen molar-refractivity contribution in [1.29, 1.82) is 0 Å². The second-order valence-corrected chi connectivity index (χ2v) is 4.98. The standard InChI is InChI=1S/C15H15BrFNO/c1-18-15(12-5-3-4-6-14(12)17)11-8-7-10(19-2)9-13(11)16/h3-9,15,18H,1-2H3. The molecule has 0 amide bonds. The third-order valence-electron chi connectivity index (χ3n) is 3.02. The molecule has 0 radical (unpaired) electrons. The van der Waals surface area contributed by atoms with Crippen molar-refractivity contribution >= 4 is 15.9 Å². The van der Waals surface area contributed by atoms with Gasteiger partial charge in [-0.05, 0) is 30.8 Å². The molecule has 0 heterocycles. The summed E-state index contributed by atoms with van der Waals surface area (Å²) in [6, 6.07) is 12.2. The maximum absolute atomic E-state index is 13.9. The molecule has 100 valence electrons. The van der Waals surface area contributed by atoms with Crippen molar-refractivity contribution < 1.29 is 9.13 Å². The average molecular weight is 324 g/mol. The van der Waals surface area contributed by atoms with Gasteiger partial charge in [-0.2, -0.15) is 0 Å². The van der Waals surface area contributed by atoms with Crippen LogP contribution in [0.3, 0.4) is 0 Å². The Morgan fingerprint density at radius 1 is 1.16 bits per heavy atom. The van der Waals surface area contributed by atoms with Gasteiger partial charge in [-0.25, -0.2) is 4.39 Å². The monoisotopic (exact) mass is 323 g/mol. The van der Waals surface area contributed by atoms with Crippen LogP contribution in [0.2, 0.25) is 0 Å². The van der Waals surface area contributed by atoms with Gasteiger partial charge in [0, 0.05) is 10.0 Å². The molecule has 1 N–H and O–H groups in total. The maximum atomic E-state index is 13.9. The van der Waals surface area contributed by atoms with E-state index in [4.69, 9.17) is 4.74 Å². The highest BCUT2D eigenvalue weighted by atomic mass is 79.9. The van der Waals surface area contributed by atoms with Gasteiger partial charge >= 0.3 is 0 Å². The van der Waals surface area contributed by atoms with Crippen molar-refractivity contribution in [3.8, 4) is 5.75 Å². The number of hydrogen-bond donors (Lipinski definition) is 1. The van der Waals surface area contributed by atoms with Crippen LogP contribution in [-0.2, 0) is 0 Å². The number of ether oxygens (including phenoxy) is 1. The fourth-order valence-corrected chi connectivity index (χ4v) is 2.64. The predicted molar refractivity (Wildman–Crippen MR) is 78.0 cm³/mol. The van der Waals surface area contributed by atoms with E-state index in [1.165, 1.54) is 6.07 Å². The molecule has 0 aromatic heterocycles. The number of methoxy groups -OCH3 is 1. The van der Waals surface area contributed by atoms with E-state index in [0.29, 0.717) is 5.56 Å². The van der Waals surface area contributed by atoms with E-state index >= 15 is 0 Å². The first-order chi connectivity index (χ1) is 9.17. The normalized spacial score (nSPS) is 12.2. The largest absolute Gasteiger partial charge is 0.497 e. The summed E-state index contributed by atoms with van der Waals surface area (Å²) in [5, 5.41) is 3.14. The molecule has 0 aliphatic heterocycles. The van der Waals surface area contributed by atoms with Crippen LogP contribution in [0.25, 0.3) is 0 Å². The summed E-state index contributed by atoms with van der Waals surface area (Å²) in [5.41, 5.74) is 1.59. The van der Waals surface area contributed by atoms with Gasteiger partial charge < -0.3 is 10.1 Å². The molecule has 0 saturated carbocycles. The van der Waals surface area contributed by atoms with Crippen molar-refractivity contribution in [2.75, 3.05) is 14.2 Å². The zero-order chi connectivity index (χ0) is 13.8. The van der Waals surface area contributed by atoms with Gasteiger partial charge in [0.15, 0.2) is 0 Å². The highest BCUT2D eigenvalue weighted by Crippen LogP contribution is 2.32. The minimum Gasteiger partial charge on any atom is -0.497 e. The molecular weight excluding hydrogens is 309 g/mol. The van der Waals surface area contributed by atoms with Gasteiger partial charge in [0.05, 0.1) is 13.2 Å². The lowest BCUT2D eigenvalue weighted by molar-refractivity contribution is 0.414. The lowest BCUT2D eigenvalue weighted by atomic mass is 9.98. The summed E-state index contributed by atoms with van der Waals surface area (Å²) >= 11 is 3.51. The van der Waals surface area contributed by atoms with E-state index in [1.807, 2.05) is 31.3 Å². The molecule has 2 nitrogen and oxygen atoms in total. The average Bonchev–Trinajstić information content (AvgIpc) is 2.43. The maximum Gasteiger partial charge on any atom is 0.128 e. The quantitative estimate of drug-likeness (QED) is 0.921. The molecule has 4 heteroatoms. The highest BCUT2D eigenvalue weighted by molar-refractivity contribution is 9.10. The lowest BCUT2D eigenvalue weighted by Gasteiger charge is -2.19. The van der Waals surface area contributed by atoms with Gasteiger partial charge in [-0.1, -0.05) is 40.2 Å².